The number of hydrogen-bond acceptors (Lipinski definition) is 4. The molecule has 144 valence electrons. The van der Waals surface area contributed by atoms with Gasteiger partial charge < -0.3 is 4.74 Å². The van der Waals surface area contributed by atoms with E-state index in [9.17, 15) is 9.59 Å². The van der Waals surface area contributed by atoms with E-state index in [2.05, 4.69) is 4.98 Å². The fraction of sp³-hybridized carbons (Fsp3) is 0.125. The summed E-state index contributed by atoms with van der Waals surface area (Å²) in [5, 5.41) is 0.604. The van der Waals surface area contributed by atoms with Crippen LogP contribution < -0.4 is 10.3 Å². The summed E-state index contributed by atoms with van der Waals surface area (Å²) in [4.78, 5) is 30.2. The molecular weight excluding hydrogens is 364 g/mol. The minimum atomic E-state index is -0.403. The van der Waals surface area contributed by atoms with E-state index in [-0.39, 0.29) is 17.3 Å². The van der Waals surface area contributed by atoms with Gasteiger partial charge in [0, 0.05) is 12.3 Å². The molecule has 29 heavy (non-hydrogen) atoms. The molecule has 0 aliphatic heterocycles. The first kappa shape index (κ1) is 18.6. The summed E-state index contributed by atoms with van der Waals surface area (Å²) in [6.07, 6.45) is 2.21. The highest BCUT2D eigenvalue weighted by molar-refractivity contribution is 5.88. The third-order valence-corrected chi connectivity index (χ3v) is 4.86. The van der Waals surface area contributed by atoms with Crippen molar-refractivity contribution in [2.24, 2.45) is 0 Å². The Balaban J connectivity index is 1.78. The van der Waals surface area contributed by atoms with Gasteiger partial charge >= 0.3 is 5.97 Å². The number of esters is 1. The summed E-state index contributed by atoms with van der Waals surface area (Å²) in [5.41, 5.74) is 1.73. The predicted molar refractivity (Wildman–Crippen MR) is 112 cm³/mol. The van der Waals surface area contributed by atoms with E-state index in [0.29, 0.717) is 23.1 Å². The number of para-hydroxylation sites is 1. The number of benzene rings is 2. The highest BCUT2D eigenvalue weighted by Gasteiger charge is 2.22. The molecule has 4 aromatic rings. The van der Waals surface area contributed by atoms with Crippen LogP contribution >= 0.6 is 0 Å². The Morgan fingerprint density at radius 3 is 2.38 bits per heavy atom. The quantitative estimate of drug-likeness (QED) is 0.476. The Bertz CT molecular complexity index is 1200. The molecule has 2 aromatic carbocycles. The molecule has 0 N–H and O–H groups in total. The van der Waals surface area contributed by atoms with E-state index in [1.54, 1.807) is 18.3 Å². The normalized spacial score (nSPS) is 11.9. The van der Waals surface area contributed by atoms with Crippen molar-refractivity contribution in [2.75, 3.05) is 0 Å². The third kappa shape index (κ3) is 3.67. The average Bonchev–Trinajstić information content (AvgIpc) is 2.76. The zero-order chi connectivity index (χ0) is 20.2. The highest BCUT2D eigenvalue weighted by atomic mass is 16.5. The number of nitrogens with zero attached hydrogens (tertiary/aromatic N) is 2. The fourth-order valence-corrected chi connectivity index (χ4v) is 3.44. The molecular formula is C24H20N2O3. The SMILES string of the molecule is CCC(C(=O)Oc1cc(=O)n(-c2ccccc2)c2ncccc12)c1ccccc1. The molecule has 4 rings (SSSR count). The second-order valence-corrected chi connectivity index (χ2v) is 6.68. The molecule has 0 radical (unpaired) electrons. The number of carbonyl (C=O) groups is 1. The monoisotopic (exact) mass is 384 g/mol. The summed E-state index contributed by atoms with van der Waals surface area (Å²) in [6, 6.07) is 23.7. The van der Waals surface area contributed by atoms with E-state index in [4.69, 9.17) is 4.74 Å². The number of ether oxygens (including phenoxy) is 1. The molecule has 2 heterocycles. The Labute approximate surface area is 168 Å². The zero-order valence-electron chi connectivity index (χ0n) is 16.0. The number of rotatable bonds is 5. The lowest BCUT2D eigenvalue weighted by Gasteiger charge is -2.16. The molecule has 5 heteroatoms. The first-order valence-corrected chi connectivity index (χ1v) is 9.52. The van der Waals surface area contributed by atoms with Crippen molar-refractivity contribution in [3.8, 4) is 11.4 Å². The van der Waals surface area contributed by atoms with Crippen LogP contribution in [-0.2, 0) is 4.79 Å². The van der Waals surface area contributed by atoms with Gasteiger partial charge in [0.15, 0.2) is 5.65 Å². The predicted octanol–water partition coefficient (Wildman–Crippen LogP) is 4.48. The number of fused-ring (bicyclic) bond motifs is 1. The van der Waals surface area contributed by atoms with Crippen molar-refractivity contribution < 1.29 is 9.53 Å². The van der Waals surface area contributed by atoms with Gasteiger partial charge in [-0.2, -0.15) is 0 Å². The van der Waals surface area contributed by atoms with Gasteiger partial charge in [0.25, 0.3) is 5.56 Å². The molecule has 2 aromatic heterocycles. The van der Waals surface area contributed by atoms with Crippen LogP contribution in [0.2, 0.25) is 0 Å². The minimum Gasteiger partial charge on any atom is -0.425 e. The number of hydrogen-bond donors (Lipinski definition) is 0. The van der Waals surface area contributed by atoms with Gasteiger partial charge in [0.2, 0.25) is 0 Å². The standard InChI is InChI=1S/C24H20N2O3/c1-2-19(17-10-5-3-6-11-17)24(28)29-21-16-22(27)26(18-12-7-4-8-13-18)23-20(21)14-9-15-25-23/h3-16,19H,2H2,1H3. The zero-order valence-corrected chi connectivity index (χ0v) is 16.0. The molecule has 0 aliphatic carbocycles. The van der Waals surface area contributed by atoms with Crippen LogP contribution in [0.3, 0.4) is 0 Å². The molecule has 0 spiro atoms. The smallest absolute Gasteiger partial charge is 0.318 e. The van der Waals surface area contributed by atoms with Gasteiger partial charge in [-0.25, -0.2) is 4.98 Å². The third-order valence-electron chi connectivity index (χ3n) is 4.86. The van der Waals surface area contributed by atoms with Crippen LogP contribution in [0.25, 0.3) is 16.7 Å². The molecule has 1 unspecified atom stereocenters. The van der Waals surface area contributed by atoms with Gasteiger partial charge in [-0.1, -0.05) is 55.5 Å². The second kappa shape index (κ2) is 8.10. The minimum absolute atomic E-state index is 0.227. The molecule has 1 atom stereocenters. The second-order valence-electron chi connectivity index (χ2n) is 6.68. The van der Waals surface area contributed by atoms with Crippen LogP contribution in [0.4, 0.5) is 0 Å². The summed E-state index contributed by atoms with van der Waals surface area (Å²) in [7, 11) is 0. The van der Waals surface area contributed by atoms with E-state index in [0.717, 1.165) is 5.56 Å². The van der Waals surface area contributed by atoms with Crippen molar-refractivity contribution in [1.82, 2.24) is 9.55 Å². The van der Waals surface area contributed by atoms with E-state index >= 15 is 0 Å². The van der Waals surface area contributed by atoms with Crippen LogP contribution in [0, 0.1) is 0 Å². The molecule has 0 saturated heterocycles. The van der Waals surface area contributed by atoms with Gasteiger partial charge in [-0.3, -0.25) is 14.2 Å². The highest BCUT2D eigenvalue weighted by Crippen LogP contribution is 2.27. The Morgan fingerprint density at radius 2 is 1.69 bits per heavy atom. The number of pyridine rings is 2. The van der Waals surface area contributed by atoms with Gasteiger partial charge in [0.05, 0.1) is 17.0 Å². The molecule has 5 nitrogen and oxygen atoms in total. The first-order chi connectivity index (χ1) is 14.2. The maximum atomic E-state index is 12.9. The van der Waals surface area contributed by atoms with Gasteiger partial charge in [-0.15, -0.1) is 0 Å². The van der Waals surface area contributed by atoms with Crippen LogP contribution in [0.5, 0.6) is 5.75 Å². The number of aromatic nitrogens is 2. The van der Waals surface area contributed by atoms with E-state index in [1.165, 1.54) is 10.6 Å². The summed E-state index contributed by atoms with van der Waals surface area (Å²) < 4.78 is 7.23. The molecule has 0 saturated carbocycles. The van der Waals surface area contributed by atoms with E-state index in [1.807, 2.05) is 67.6 Å². The lowest BCUT2D eigenvalue weighted by atomic mass is 9.97. The Hall–Kier alpha value is -3.73. The molecule has 0 aliphatic rings. The lowest BCUT2D eigenvalue weighted by molar-refractivity contribution is -0.136. The van der Waals surface area contributed by atoms with E-state index < -0.39 is 5.92 Å². The fourth-order valence-electron chi connectivity index (χ4n) is 3.44. The topological polar surface area (TPSA) is 61.2 Å². The molecule has 0 fully saturated rings. The van der Waals surface area contributed by atoms with Gasteiger partial charge in [-0.05, 0) is 36.2 Å². The van der Waals surface area contributed by atoms with Crippen LogP contribution in [0.15, 0.2) is 89.9 Å². The largest absolute Gasteiger partial charge is 0.425 e. The van der Waals surface area contributed by atoms with Crippen LogP contribution in [0.1, 0.15) is 24.8 Å². The molecule has 0 bridgehead atoms. The average molecular weight is 384 g/mol. The summed E-state index contributed by atoms with van der Waals surface area (Å²) >= 11 is 0. The van der Waals surface area contributed by atoms with Crippen molar-refractivity contribution in [3.63, 3.8) is 0 Å². The number of carbonyl (C=O) groups excluding carboxylic acids is 1. The van der Waals surface area contributed by atoms with Crippen LogP contribution in [-0.4, -0.2) is 15.5 Å². The van der Waals surface area contributed by atoms with Crippen molar-refractivity contribution in [3.05, 3.63) is 101 Å². The maximum Gasteiger partial charge on any atom is 0.318 e. The summed E-state index contributed by atoms with van der Waals surface area (Å²) in [5.74, 6) is -0.565. The van der Waals surface area contributed by atoms with Crippen molar-refractivity contribution in [2.45, 2.75) is 19.3 Å². The first-order valence-electron chi connectivity index (χ1n) is 9.52. The Kier molecular flexibility index (Phi) is 5.20. The lowest BCUT2D eigenvalue weighted by Crippen LogP contribution is -2.22. The Morgan fingerprint density at radius 1 is 1.00 bits per heavy atom. The summed E-state index contributed by atoms with van der Waals surface area (Å²) in [6.45, 7) is 1.94. The van der Waals surface area contributed by atoms with Gasteiger partial charge in [0.1, 0.15) is 5.75 Å². The van der Waals surface area contributed by atoms with Crippen molar-refractivity contribution in [1.29, 1.82) is 0 Å². The maximum absolute atomic E-state index is 12.9. The van der Waals surface area contributed by atoms with Crippen molar-refractivity contribution >= 4 is 17.0 Å². The molecule has 0 amide bonds.